The highest BCUT2D eigenvalue weighted by molar-refractivity contribution is 6.05. The summed E-state index contributed by atoms with van der Waals surface area (Å²) in [5, 5.41) is 11.0. The fourth-order valence-corrected chi connectivity index (χ4v) is 1.61. The van der Waals surface area contributed by atoms with Crippen molar-refractivity contribution in [1.82, 2.24) is 0 Å². The highest BCUT2D eigenvalue weighted by Crippen LogP contribution is 2.20. The molecule has 0 aliphatic carbocycles. The molecule has 0 spiro atoms. The zero-order chi connectivity index (χ0) is 14.7. The average molecular weight is 276 g/mol. The first kappa shape index (κ1) is 13.6. The first-order valence-corrected chi connectivity index (χ1v) is 5.48. The van der Waals surface area contributed by atoms with E-state index in [0.717, 1.165) is 18.2 Å². The Morgan fingerprint density at radius 1 is 1.05 bits per heavy atom. The van der Waals surface area contributed by atoms with Crippen LogP contribution in [-0.2, 0) is 0 Å². The lowest BCUT2D eigenvalue weighted by molar-refractivity contribution is 0.102. The van der Waals surface area contributed by atoms with E-state index in [4.69, 9.17) is 5.26 Å². The van der Waals surface area contributed by atoms with Crippen molar-refractivity contribution in [2.24, 2.45) is 0 Å². The summed E-state index contributed by atoms with van der Waals surface area (Å²) in [7, 11) is 0. The van der Waals surface area contributed by atoms with E-state index >= 15 is 0 Å². The van der Waals surface area contributed by atoms with Crippen LogP contribution < -0.4 is 5.32 Å². The molecule has 1 amide bonds. The number of anilines is 1. The molecule has 0 saturated heterocycles. The van der Waals surface area contributed by atoms with Crippen molar-refractivity contribution in [2.45, 2.75) is 0 Å². The molecule has 0 unspecified atom stereocenters. The Morgan fingerprint density at radius 2 is 1.70 bits per heavy atom. The van der Waals surface area contributed by atoms with Crippen LogP contribution in [0.5, 0.6) is 0 Å². The van der Waals surface area contributed by atoms with Gasteiger partial charge in [0, 0.05) is 0 Å². The minimum absolute atomic E-state index is 0.110. The molecule has 0 aromatic heterocycles. The minimum atomic E-state index is -1.31. The Labute approximate surface area is 112 Å². The quantitative estimate of drug-likeness (QED) is 0.915. The molecule has 1 N–H and O–H groups in total. The molecule has 0 radical (unpaired) electrons. The van der Waals surface area contributed by atoms with Gasteiger partial charge in [0.15, 0.2) is 11.6 Å². The first-order chi connectivity index (χ1) is 9.54. The zero-order valence-corrected chi connectivity index (χ0v) is 9.95. The normalized spacial score (nSPS) is 9.90. The van der Waals surface area contributed by atoms with Crippen LogP contribution in [-0.4, -0.2) is 5.91 Å². The summed E-state index contributed by atoms with van der Waals surface area (Å²) in [6.45, 7) is 0. The monoisotopic (exact) mass is 276 g/mol. The van der Waals surface area contributed by atoms with Crippen molar-refractivity contribution < 1.29 is 18.0 Å². The molecular formula is C14H7F3N2O. The second-order valence-electron chi connectivity index (χ2n) is 3.83. The van der Waals surface area contributed by atoms with Gasteiger partial charge in [-0.25, -0.2) is 13.2 Å². The highest BCUT2D eigenvalue weighted by atomic mass is 19.2. The van der Waals surface area contributed by atoms with Crippen molar-refractivity contribution in [3.05, 3.63) is 65.0 Å². The fourth-order valence-electron chi connectivity index (χ4n) is 1.61. The van der Waals surface area contributed by atoms with Crippen LogP contribution in [0.15, 0.2) is 36.4 Å². The smallest absolute Gasteiger partial charge is 0.258 e. The molecule has 0 saturated carbocycles. The van der Waals surface area contributed by atoms with Crippen molar-refractivity contribution in [2.75, 3.05) is 5.32 Å². The van der Waals surface area contributed by atoms with Gasteiger partial charge in [-0.05, 0) is 24.3 Å². The molecule has 3 nitrogen and oxygen atoms in total. The lowest BCUT2D eigenvalue weighted by Crippen LogP contribution is -2.15. The number of nitrogens with zero attached hydrogens (tertiary/aromatic N) is 1. The van der Waals surface area contributed by atoms with Crippen LogP contribution in [0.4, 0.5) is 18.9 Å². The summed E-state index contributed by atoms with van der Waals surface area (Å²) in [4.78, 5) is 11.8. The van der Waals surface area contributed by atoms with Gasteiger partial charge in [0.25, 0.3) is 5.91 Å². The Morgan fingerprint density at radius 3 is 2.40 bits per heavy atom. The zero-order valence-electron chi connectivity index (χ0n) is 9.95. The number of nitriles is 1. The van der Waals surface area contributed by atoms with E-state index in [0.29, 0.717) is 0 Å². The Hall–Kier alpha value is -2.81. The van der Waals surface area contributed by atoms with E-state index < -0.39 is 28.9 Å². The third-order valence-electron chi connectivity index (χ3n) is 2.57. The summed E-state index contributed by atoms with van der Waals surface area (Å²) in [6, 6.07) is 8.34. The Bertz CT molecular complexity index is 723. The van der Waals surface area contributed by atoms with E-state index in [9.17, 15) is 18.0 Å². The maximum Gasteiger partial charge on any atom is 0.258 e. The summed E-state index contributed by atoms with van der Waals surface area (Å²) < 4.78 is 39.8. The molecule has 0 fully saturated rings. The van der Waals surface area contributed by atoms with Gasteiger partial charge >= 0.3 is 0 Å². The number of carbonyl (C=O) groups is 1. The average Bonchev–Trinajstić information content (AvgIpc) is 2.42. The Balaban J connectivity index is 2.36. The Kier molecular flexibility index (Phi) is 3.71. The number of amides is 1. The largest absolute Gasteiger partial charge is 0.321 e. The van der Waals surface area contributed by atoms with Gasteiger partial charge in [0.1, 0.15) is 17.4 Å². The molecule has 0 aliphatic rings. The molecule has 6 heteroatoms. The summed E-state index contributed by atoms with van der Waals surface area (Å²) in [6.07, 6.45) is 0. The summed E-state index contributed by atoms with van der Waals surface area (Å²) in [5.41, 5.74) is -1.02. The van der Waals surface area contributed by atoms with Gasteiger partial charge < -0.3 is 5.32 Å². The molecular weight excluding hydrogens is 269 g/mol. The van der Waals surface area contributed by atoms with E-state index in [1.807, 2.05) is 0 Å². The predicted molar refractivity (Wildman–Crippen MR) is 65.4 cm³/mol. The number of nitrogens with one attached hydrogen (secondary N) is 1. The number of hydrogen-bond donors (Lipinski definition) is 1. The minimum Gasteiger partial charge on any atom is -0.321 e. The molecule has 2 rings (SSSR count). The molecule has 0 aliphatic heterocycles. The maximum atomic E-state index is 13.4. The molecule has 0 heterocycles. The van der Waals surface area contributed by atoms with E-state index in [1.165, 1.54) is 18.2 Å². The standard InChI is InChI=1S/C14H7F3N2O/c15-10-4-2-6-12(9(10)7-18)19-14(20)8-3-1-5-11(16)13(8)17/h1-6H,(H,19,20). The molecule has 0 atom stereocenters. The molecule has 20 heavy (non-hydrogen) atoms. The lowest BCUT2D eigenvalue weighted by atomic mass is 10.1. The molecule has 100 valence electrons. The van der Waals surface area contributed by atoms with Gasteiger partial charge in [-0.3, -0.25) is 4.79 Å². The van der Waals surface area contributed by atoms with Crippen LogP contribution in [0.25, 0.3) is 0 Å². The predicted octanol–water partition coefficient (Wildman–Crippen LogP) is 3.23. The molecule has 0 bridgehead atoms. The van der Waals surface area contributed by atoms with Crippen LogP contribution in [0.1, 0.15) is 15.9 Å². The number of carbonyl (C=O) groups excluding carboxylic acids is 1. The van der Waals surface area contributed by atoms with Gasteiger partial charge in [0.2, 0.25) is 0 Å². The van der Waals surface area contributed by atoms with Gasteiger partial charge in [-0.2, -0.15) is 5.26 Å². The third-order valence-corrected chi connectivity index (χ3v) is 2.57. The number of rotatable bonds is 2. The van der Waals surface area contributed by atoms with E-state index in [2.05, 4.69) is 5.32 Å². The fraction of sp³-hybridized carbons (Fsp3) is 0. The van der Waals surface area contributed by atoms with Crippen molar-refractivity contribution in [3.8, 4) is 6.07 Å². The van der Waals surface area contributed by atoms with Gasteiger partial charge in [-0.15, -0.1) is 0 Å². The molecule has 2 aromatic carbocycles. The number of hydrogen-bond acceptors (Lipinski definition) is 2. The third kappa shape index (κ3) is 2.47. The van der Waals surface area contributed by atoms with Gasteiger partial charge in [-0.1, -0.05) is 12.1 Å². The number of halogens is 3. The van der Waals surface area contributed by atoms with Crippen molar-refractivity contribution in [1.29, 1.82) is 5.26 Å². The van der Waals surface area contributed by atoms with Gasteiger partial charge in [0.05, 0.1) is 11.3 Å². The topological polar surface area (TPSA) is 52.9 Å². The second kappa shape index (κ2) is 5.45. The lowest BCUT2D eigenvalue weighted by Gasteiger charge is -2.08. The highest BCUT2D eigenvalue weighted by Gasteiger charge is 2.17. The maximum absolute atomic E-state index is 13.4. The van der Waals surface area contributed by atoms with Crippen LogP contribution >= 0.6 is 0 Å². The van der Waals surface area contributed by atoms with Crippen LogP contribution in [0.2, 0.25) is 0 Å². The van der Waals surface area contributed by atoms with E-state index in [-0.39, 0.29) is 11.3 Å². The second-order valence-corrected chi connectivity index (χ2v) is 3.83. The van der Waals surface area contributed by atoms with Crippen LogP contribution in [0.3, 0.4) is 0 Å². The van der Waals surface area contributed by atoms with Crippen molar-refractivity contribution in [3.63, 3.8) is 0 Å². The molecule has 2 aromatic rings. The van der Waals surface area contributed by atoms with Crippen LogP contribution in [0, 0.1) is 28.8 Å². The summed E-state index contributed by atoms with van der Waals surface area (Å²) >= 11 is 0. The SMILES string of the molecule is N#Cc1c(F)cccc1NC(=O)c1cccc(F)c1F. The van der Waals surface area contributed by atoms with E-state index in [1.54, 1.807) is 6.07 Å². The number of benzene rings is 2. The summed E-state index contributed by atoms with van der Waals surface area (Å²) in [5.74, 6) is -4.26. The first-order valence-electron chi connectivity index (χ1n) is 5.48. The van der Waals surface area contributed by atoms with Crippen molar-refractivity contribution >= 4 is 11.6 Å².